The minimum Gasteiger partial charge on any atom is -0.279 e. The molecule has 0 saturated carbocycles. The molecule has 0 unspecified atom stereocenters. The van der Waals surface area contributed by atoms with Crippen molar-refractivity contribution in [2.45, 2.75) is 30.4 Å². The van der Waals surface area contributed by atoms with Crippen LogP contribution in [-0.2, 0) is 22.9 Å². The summed E-state index contributed by atoms with van der Waals surface area (Å²) in [4.78, 5) is 1.06. The molecule has 3 nitrogen and oxygen atoms in total. The van der Waals surface area contributed by atoms with Crippen molar-refractivity contribution in [3.05, 3.63) is 46.8 Å². The Bertz CT molecular complexity index is 695. The highest BCUT2D eigenvalue weighted by Gasteiger charge is 2.16. The van der Waals surface area contributed by atoms with Crippen molar-refractivity contribution in [1.29, 1.82) is 0 Å². The molecule has 0 radical (unpaired) electrons. The third-order valence-corrected chi connectivity index (χ3v) is 6.40. The largest absolute Gasteiger partial charge is 0.279 e. The lowest BCUT2D eigenvalue weighted by Crippen LogP contribution is -2.11. The van der Waals surface area contributed by atoms with Gasteiger partial charge in [-0.3, -0.25) is 4.72 Å². The van der Waals surface area contributed by atoms with Gasteiger partial charge in [0.2, 0.25) is 0 Å². The first-order valence-electron chi connectivity index (χ1n) is 6.81. The highest BCUT2D eigenvalue weighted by Crippen LogP contribution is 2.24. The lowest BCUT2D eigenvalue weighted by Gasteiger charge is -2.08. The maximum atomic E-state index is 12.3. The van der Waals surface area contributed by atoms with Crippen LogP contribution in [0.15, 0.2) is 40.6 Å². The predicted molar refractivity (Wildman–Crippen MR) is 90.0 cm³/mol. The first-order valence-corrected chi connectivity index (χ1v) is 9.65. The fourth-order valence-corrected chi connectivity index (χ4v) is 4.44. The molecule has 0 saturated heterocycles. The Morgan fingerprint density at radius 2 is 2.05 bits per heavy atom. The molecule has 0 aliphatic heterocycles. The molecule has 6 heteroatoms. The molecule has 0 aliphatic carbocycles. The van der Waals surface area contributed by atoms with Gasteiger partial charge in [0.05, 0.1) is 0 Å². The molecule has 21 heavy (non-hydrogen) atoms. The third kappa shape index (κ3) is 4.46. The minimum atomic E-state index is -3.50. The monoisotopic (exact) mass is 343 g/mol. The number of alkyl halides is 1. The summed E-state index contributed by atoms with van der Waals surface area (Å²) >= 11 is 6.99. The van der Waals surface area contributed by atoms with Crippen LogP contribution in [0.4, 0.5) is 5.69 Å². The Morgan fingerprint density at radius 1 is 1.24 bits per heavy atom. The summed E-state index contributed by atoms with van der Waals surface area (Å²) in [6, 6.07) is 11.0. The van der Waals surface area contributed by atoms with E-state index in [1.807, 2.05) is 31.2 Å². The minimum absolute atomic E-state index is 0.352. The number of rotatable bonds is 7. The Kier molecular flexibility index (Phi) is 5.67. The average Bonchev–Trinajstić information content (AvgIpc) is 2.95. The molecular weight excluding hydrogens is 326 g/mol. The van der Waals surface area contributed by atoms with E-state index in [9.17, 15) is 8.42 Å². The first kappa shape index (κ1) is 16.3. The van der Waals surface area contributed by atoms with Crippen LogP contribution < -0.4 is 4.72 Å². The number of hydrogen-bond acceptors (Lipinski definition) is 3. The van der Waals surface area contributed by atoms with Crippen LogP contribution in [0.5, 0.6) is 0 Å². The zero-order valence-corrected chi connectivity index (χ0v) is 14.2. The van der Waals surface area contributed by atoms with Crippen LogP contribution in [0.1, 0.15) is 23.8 Å². The van der Waals surface area contributed by atoms with Gasteiger partial charge in [0.15, 0.2) is 0 Å². The molecule has 0 spiro atoms. The summed E-state index contributed by atoms with van der Waals surface area (Å²) in [5.74, 6) is 0.602. The molecule has 1 aromatic heterocycles. The Hall–Kier alpha value is -1.04. The molecule has 2 rings (SSSR count). The van der Waals surface area contributed by atoms with Gasteiger partial charge >= 0.3 is 0 Å². The molecule has 0 fully saturated rings. The number of aryl methyl sites for hydroxylation is 2. The zero-order valence-electron chi connectivity index (χ0n) is 11.8. The molecule has 1 aromatic carbocycles. The van der Waals surface area contributed by atoms with Gasteiger partial charge in [0.1, 0.15) is 4.21 Å². The summed E-state index contributed by atoms with van der Waals surface area (Å²) in [6.45, 7) is 2.01. The van der Waals surface area contributed by atoms with Gasteiger partial charge in [-0.15, -0.1) is 22.9 Å². The second kappa shape index (κ2) is 7.29. The fourth-order valence-electron chi connectivity index (χ4n) is 1.96. The molecular formula is C15H18ClNO2S2. The van der Waals surface area contributed by atoms with Crippen LogP contribution in [-0.4, -0.2) is 14.3 Å². The normalized spacial score (nSPS) is 11.5. The van der Waals surface area contributed by atoms with Crippen LogP contribution in [0.25, 0.3) is 0 Å². The summed E-state index contributed by atoms with van der Waals surface area (Å²) in [5.41, 5.74) is 1.67. The van der Waals surface area contributed by atoms with Crippen molar-refractivity contribution >= 4 is 38.6 Å². The van der Waals surface area contributed by atoms with Crippen molar-refractivity contribution in [2.24, 2.45) is 0 Å². The summed E-state index contributed by atoms with van der Waals surface area (Å²) in [7, 11) is -3.50. The number of anilines is 1. The van der Waals surface area contributed by atoms with Crippen molar-refractivity contribution in [2.75, 3.05) is 10.6 Å². The van der Waals surface area contributed by atoms with E-state index < -0.39 is 10.0 Å². The molecule has 0 aliphatic rings. The second-order valence-electron chi connectivity index (χ2n) is 4.67. The molecule has 2 aromatic rings. The number of benzene rings is 1. The van der Waals surface area contributed by atoms with E-state index in [2.05, 4.69) is 4.72 Å². The van der Waals surface area contributed by atoms with E-state index in [4.69, 9.17) is 11.6 Å². The van der Waals surface area contributed by atoms with Gasteiger partial charge in [0.25, 0.3) is 10.0 Å². The number of thiophene rings is 1. The van der Waals surface area contributed by atoms with Crippen molar-refractivity contribution in [3.63, 3.8) is 0 Å². The van der Waals surface area contributed by atoms with E-state index in [1.54, 1.807) is 12.1 Å². The standard InChI is InChI=1S/C15H18ClNO2S2/c1-2-14-8-9-15(20-14)21(18,19)17-13-7-3-5-12(11-13)6-4-10-16/h3,5,7-9,11,17H,2,4,6,10H2,1H3. The van der Waals surface area contributed by atoms with Crippen molar-refractivity contribution < 1.29 is 8.42 Å². The Balaban J connectivity index is 2.16. The van der Waals surface area contributed by atoms with Crippen LogP contribution in [0.2, 0.25) is 0 Å². The predicted octanol–water partition coefficient (Wildman–Crippen LogP) is 4.28. The summed E-state index contributed by atoms with van der Waals surface area (Å²) < 4.78 is 27.7. The first-order chi connectivity index (χ1) is 10.0. The van der Waals surface area contributed by atoms with Crippen molar-refractivity contribution in [3.8, 4) is 0 Å². The molecule has 0 atom stereocenters. The molecule has 1 heterocycles. The molecule has 0 amide bonds. The van der Waals surface area contributed by atoms with E-state index in [0.29, 0.717) is 15.8 Å². The zero-order chi connectivity index (χ0) is 15.3. The second-order valence-corrected chi connectivity index (χ2v) is 8.13. The molecule has 1 N–H and O–H groups in total. The topological polar surface area (TPSA) is 46.2 Å². The van der Waals surface area contributed by atoms with Gasteiger partial charge in [-0.25, -0.2) is 8.42 Å². The quantitative estimate of drug-likeness (QED) is 0.762. The fraction of sp³-hybridized carbons (Fsp3) is 0.333. The van der Waals surface area contributed by atoms with E-state index >= 15 is 0 Å². The number of halogens is 1. The lowest BCUT2D eigenvalue weighted by atomic mass is 10.1. The Labute approximate surface area is 135 Å². The highest BCUT2D eigenvalue weighted by molar-refractivity contribution is 7.94. The SMILES string of the molecule is CCc1ccc(S(=O)(=O)Nc2cccc(CCCCl)c2)s1. The third-order valence-electron chi connectivity index (χ3n) is 3.03. The van der Waals surface area contributed by atoms with Gasteiger partial charge in [-0.2, -0.15) is 0 Å². The molecule has 0 bridgehead atoms. The summed E-state index contributed by atoms with van der Waals surface area (Å²) in [5, 5.41) is 0. The average molecular weight is 344 g/mol. The summed E-state index contributed by atoms with van der Waals surface area (Å²) in [6.07, 6.45) is 2.56. The number of sulfonamides is 1. The maximum absolute atomic E-state index is 12.3. The Morgan fingerprint density at radius 3 is 2.71 bits per heavy atom. The van der Waals surface area contributed by atoms with Gasteiger partial charge in [-0.05, 0) is 49.1 Å². The maximum Gasteiger partial charge on any atom is 0.271 e. The van der Waals surface area contributed by atoms with Crippen LogP contribution in [0, 0.1) is 0 Å². The highest BCUT2D eigenvalue weighted by atomic mass is 35.5. The number of nitrogens with one attached hydrogen (secondary N) is 1. The lowest BCUT2D eigenvalue weighted by molar-refractivity contribution is 0.603. The van der Waals surface area contributed by atoms with Crippen LogP contribution in [0.3, 0.4) is 0 Å². The van der Waals surface area contributed by atoms with E-state index in [1.165, 1.54) is 11.3 Å². The van der Waals surface area contributed by atoms with Crippen LogP contribution >= 0.6 is 22.9 Å². The van der Waals surface area contributed by atoms with Gasteiger partial charge in [0, 0.05) is 16.4 Å². The van der Waals surface area contributed by atoms with E-state index in [-0.39, 0.29) is 0 Å². The van der Waals surface area contributed by atoms with Gasteiger partial charge < -0.3 is 0 Å². The smallest absolute Gasteiger partial charge is 0.271 e. The van der Waals surface area contributed by atoms with E-state index in [0.717, 1.165) is 29.7 Å². The molecule has 114 valence electrons. The number of hydrogen-bond donors (Lipinski definition) is 1. The van der Waals surface area contributed by atoms with Gasteiger partial charge in [-0.1, -0.05) is 19.1 Å². The van der Waals surface area contributed by atoms with Crippen molar-refractivity contribution in [1.82, 2.24) is 0 Å².